The molecule has 0 aliphatic heterocycles. The molecule has 0 atom stereocenters. The van der Waals surface area contributed by atoms with Gasteiger partial charge in [-0.15, -0.1) is 13.2 Å². The molecule has 0 spiro atoms. The third-order valence-corrected chi connectivity index (χ3v) is 2.84. The molecule has 0 saturated heterocycles. The smallest absolute Gasteiger partial charge is 0.466 e. The van der Waals surface area contributed by atoms with E-state index in [9.17, 15) is 18.0 Å². The van der Waals surface area contributed by atoms with Gasteiger partial charge in [0.2, 0.25) is 5.88 Å². The minimum absolute atomic E-state index is 0.190. The van der Waals surface area contributed by atoms with Crippen LogP contribution in [0.25, 0.3) is 0 Å². The van der Waals surface area contributed by atoms with Crippen LogP contribution in [0.1, 0.15) is 18.2 Å². The lowest BCUT2D eigenvalue weighted by Gasteiger charge is -2.12. The predicted octanol–water partition coefficient (Wildman–Crippen LogP) is 3.00. The lowest BCUT2D eigenvalue weighted by atomic mass is 10.1. The van der Waals surface area contributed by atoms with Crippen molar-refractivity contribution in [2.24, 2.45) is 0 Å². The lowest BCUT2D eigenvalue weighted by Crippen LogP contribution is -2.20. The van der Waals surface area contributed by atoms with Crippen LogP contribution in [-0.2, 0) is 16.0 Å². The van der Waals surface area contributed by atoms with E-state index in [0.717, 1.165) is 0 Å². The van der Waals surface area contributed by atoms with Crippen molar-refractivity contribution in [3.05, 3.63) is 20.9 Å². The average Bonchev–Trinajstić information content (AvgIpc) is 2.23. The Morgan fingerprint density at radius 2 is 2.11 bits per heavy atom. The molecule has 0 aromatic carbocycles. The molecular weight excluding hydrogens is 378 g/mol. The Kier molecular flexibility index (Phi) is 5.39. The molecule has 0 aliphatic rings. The van der Waals surface area contributed by atoms with Gasteiger partial charge in [-0.2, -0.15) is 0 Å². The van der Waals surface area contributed by atoms with E-state index >= 15 is 0 Å². The van der Waals surface area contributed by atoms with Crippen LogP contribution in [0.4, 0.5) is 13.2 Å². The molecule has 1 aromatic heterocycles. The molecule has 0 amide bonds. The van der Waals surface area contributed by atoms with Gasteiger partial charge >= 0.3 is 12.3 Å². The van der Waals surface area contributed by atoms with Crippen molar-refractivity contribution >= 4 is 28.6 Å². The molecule has 0 saturated carbocycles. The second kappa shape index (κ2) is 6.40. The fraction of sp³-hybridized carbons (Fsp3) is 0.455. The molecule has 0 radical (unpaired) electrons. The van der Waals surface area contributed by atoms with Crippen molar-refractivity contribution < 1.29 is 27.4 Å². The number of carbonyl (C=O) groups is 1. The maximum atomic E-state index is 12.2. The van der Waals surface area contributed by atoms with E-state index < -0.39 is 18.2 Å². The summed E-state index contributed by atoms with van der Waals surface area (Å²) in [6.07, 6.45) is -5.01. The molecule has 8 heteroatoms. The summed E-state index contributed by atoms with van der Waals surface area (Å²) in [6.45, 7) is 3.50. The SMILES string of the molecule is CCOC(=O)Cc1nc(OC(F)(F)F)c(I)cc1C. The van der Waals surface area contributed by atoms with Crippen molar-refractivity contribution in [1.82, 2.24) is 4.98 Å². The number of ether oxygens (including phenoxy) is 2. The highest BCUT2D eigenvalue weighted by Gasteiger charge is 2.33. The van der Waals surface area contributed by atoms with Crippen molar-refractivity contribution in [1.29, 1.82) is 0 Å². The van der Waals surface area contributed by atoms with E-state index in [1.807, 2.05) is 0 Å². The Bertz CT molecular complexity index is 477. The highest BCUT2D eigenvalue weighted by Crippen LogP contribution is 2.27. The number of rotatable bonds is 4. The second-order valence-corrected chi connectivity index (χ2v) is 4.73. The van der Waals surface area contributed by atoms with Gasteiger partial charge in [0, 0.05) is 0 Å². The van der Waals surface area contributed by atoms with Gasteiger partial charge in [0.25, 0.3) is 0 Å². The van der Waals surface area contributed by atoms with Gasteiger partial charge in [0.15, 0.2) is 0 Å². The standard InChI is InChI=1S/C11H11F3INO3/c1-3-18-9(17)5-8-6(2)4-7(15)10(16-8)19-11(12,13)14/h4H,3,5H2,1-2H3. The summed E-state index contributed by atoms with van der Waals surface area (Å²) in [5.74, 6) is -1.10. The van der Waals surface area contributed by atoms with Crippen LogP contribution in [-0.4, -0.2) is 23.9 Å². The Labute approximate surface area is 121 Å². The van der Waals surface area contributed by atoms with Gasteiger partial charge in [-0.25, -0.2) is 4.98 Å². The molecule has 1 aromatic rings. The molecule has 0 bridgehead atoms. The van der Waals surface area contributed by atoms with Gasteiger partial charge in [-0.05, 0) is 48.1 Å². The highest BCUT2D eigenvalue weighted by atomic mass is 127. The van der Waals surface area contributed by atoms with Crippen LogP contribution in [0.5, 0.6) is 5.88 Å². The van der Waals surface area contributed by atoms with Crippen molar-refractivity contribution in [2.75, 3.05) is 6.61 Å². The predicted molar refractivity (Wildman–Crippen MR) is 68.7 cm³/mol. The third kappa shape index (κ3) is 5.21. The molecule has 1 heterocycles. The molecule has 4 nitrogen and oxygen atoms in total. The number of aryl methyl sites for hydroxylation is 1. The zero-order chi connectivity index (χ0) is 14.6. The van der Waals surface area contributed by atoms with Crippen LogP contribution >= 0.6 is 22.6 Å². The Hall–Kier alpha value is -1.06. The van der Waals surface area contributed by atoms with Gasteiger partial charge < -0.3 is 9.47 Å². The molecule has 0 aliphatic carbocycles. The first-order valence-electron chi connectivity index (χ1n) is 5.30. The van der Waals surface area contributed by atoms with Crippen molar-refractivity contribution in [3.63, 3.8) is 0 Å². The summed E-state index contributed by atoms with van der Waals surface area (Å²) in [4.78, 5) is 15.0. The molecule has 106 valence electrons. The summed E-state index contributed by atoms with van der Waals surface area (Å²) in [7, 11) is 0. The number of aromatic nitrogens is 1. The molecule has 1 rings (SSSR count). The Balaban J connectivity index is 2.99. The topological polar surface area (TPSA) is 48.4 Å². The first-order valence-corrected chi connectivity index (χ1v) is 6.38. The lowest BCUT2D eigenvalue weighted by molar-refractivity contribution is -0.276. The summed E-state index contributed by atoms with van der Waals surface area (Å²) in [5.41, 5.74) is 0.810. The van der Waals surface area contributed by atoms with Gasteiger partial charge in [0.05, 0.1) is 22.3 Å². The average molecular weight is 389 g/mol. The minimum Gasteiger partial charge on any atom is -0.466 e. The summed E-state index contributed by atoms with van der Waals surface area (Å²) in [6, 6.07) is 1.48. The molecule has 0 fully saturated rings. The second-order valence-electron chi connectivity index (χ2n) is 3.57. The number of esters is 1. The Morgan fingerprint density at radius 1 is 1.47 bits per heavy atom. The van der Waals surface area contributed by atoms with E-state index in [1.165, 1.54) is 6.07 Å². The molecule has 0 unspecified atom stereocenters. The largest absolute Gasteiger partial charge is 0.574 e. The van der Waals surface area contributed by atoms with E-state index in [-0.39, 0.29) is 22.3 Å². The first-order chi connectivity index (χ1) is 8.73. The summed E-state index contributed by atoms with van der Waals surface area (Å²) >= 11 is 1.69. The van der Waals surface area contributed by atoms with Crippen LogP contribution in [0.3, 0.4) is 0 Å². The number of hydrogen-bond donors (Lipinski definition) is 0. The quantitative estimate of drug-likeness (QED) is 0.587. The number of alkyl halides is 3. The first kappa shape index (κ1) is 16.0. The molecular formula is C11H11F3INO3. The van der Waals surface area contributed by atoms with E-state index in [2.05, 4.69) is 9.72 Å². The van der Waals surface area contributed by atoms with Crippen LogP contribution in [0.2, 0.25) is 0 Å². The summed E-state index contributed by atoms with van der Waals surface area (Å²) in [5, 5.41) is 0. The van der Waals surface area contributed by atoms with Crippen LogP contribution < -0.4 is 4.74 Å². The van der Waals surface area contributed by atoms with Crippen molar-refractivity contribution in [3.8, 4) is 5.88 Å². The number of halogens is 4. The fourth-order valence-corrected chi connectivity index (χ4v) is 2.01. The summed E-state index contributed by atoms with van der Waals surface area (Å²) < 4.78 is 45.3. The van der Waals surface area contributed by atoms with Gasteiger partial charge in [-0.3, -0.25) is 4.79 Å². The number of hydrogen-bond acceptors (Lipinski definition) is 4. The molecule has 0 N–H and O–H groups in total. The zero-order valence-corrected chi connectivity index (χ0v) is 12.3. The molecule has 19 heavy (non-hydrogen) atoms. The fourth-order valence-electron chi connectivity index (χ4n) is 1.31. The van der Waals surface area contributed by atoms with E-state index in [4.69, 9.17) is 4.74 Å². The van der Waals surface area contributed by atoms with Crippen molar-refractivity contribution in [2.45, 2.75) is 26.6 Å². The third-order valence-electron chi connectivity index (χ3n) is 2.07. The van der Waals surface area contributed by atoms with Gasteiger partial charge in [-0.1, -0.05) is 0 Å². The van der Waals surface area contributed by atoms with E-state index in [0.29, 0.717) is 5.56 Å². The maximum Gasteiger partial charge on any atom is 0.574 e. The van der Waals surface area contributed by atoms with E-state index in [1.54, 1.807) is 36.4 Å². The number of nitrogens with zero attached hydrogens (tertiary/aromatic N) is 1. The number of carbonyl (C=O) groups excluding carboxylic acids is 1. The normalized spacial score (nSPS) is 11.3. The van der Waals surface area contributed by atoms with Crippen LogP contribution in [0, 0.1) is 10.5 Å². The Morgan fingerprint density at radius 3 is 2.63 bits per heavy atom. The minimum atomic E-state index is -4.82. The zero-order valence-electron chi connectivity index (χ0n) is 10.2. The highest BCUT2D eigenvalue weighted by molar-refractivity contribution is 14.1. The van der Waals surface area contributed by atoms with Crippen LogP contribution in [0.15, 0.2) is 6.07 Å². The monoisotopic (exact) mass is 389 g/mol. The number of pyridine rings is 1. The maximum absolute atomic E-state index is 12.2. The van der Waals surface area contributed by atoms with Gasteiger partial charge in [0.1, 0.15) is 0 Å².